The maximum atomic E-state index is 11.3. The second-order valence-corrected chi connectivity index (χ2v) is 2.90. The standard InChI is InChI=1S/C10H9NO/c1-8-6-9-4-2-3-5-10(9)11(12)7-8/h2-7H,1H3. The van der Waals surface area contributed by atoms with Crippen LogP contribution in [0.15, 0.2) is 36.5 Å². The minimum Gasteiger partial charge on any atom is -0.618 e. The number of hydrogen-bond acceptors (Lipinski definition) is 1. The van der Waals surface area contributed by atoms with Crippen molar-refractivity contribution in [2.24, 2.45) is 0 Å². The lowest BCUT2D eigenvalue weighted by Crippen LogP contribution is -2.26. The van der Waals surface area contributed by atoms with E-state index in [1.165, 1.54) is 0 Å². The van der Waals surface area contributed by atoms with Crippen molar-refractivity contribution in [3.8, 4) is 0 Å². The summed E-state index contributed by atoms with van der Waals surface area (Å²) >= 11 is 0. The molecular weight excluding hydrogens is 150 g/mol. The number of benzene rings is 1. The van der Waals surface area contributed by atoms with Gasteiger partial charge in [0.1, 0.15) is 0 Å². The average molecular weight is 159 g/mol. The van der Waals surface area contributed by atoms with Crippen molar-refractivity contribution in [3.63, 3.8) is 0 Å². The van der Waals surface area contributed by atoms with Crippen LogP contribution in [0.1, 0.15) is 5.56 Å². The maximum Gasteiger partial charge on any atom is 0.223 e. The molecule has 0 bridgehead atoms. The molecule has 0 spiro atoms. The van der Waals surface area contributed by atoms with Crippen molar-refractivity contribution in [1.82, 2.24) is 0 Å². The zero-order valence-corrected chi connectivity index (χ0v) is 6.82. The third-order valence-electron chi connectivity index (χ3n) is 1.88. The Kier molecular flexibility index (Phi) is 1.47. The zero-order valence-electron chi connectivity index (χ0n) is 6.82. The van der Waals surface area contributed by atoms with Gasteiger partial charge in [-0.15, -0.1) is 0 Å². The van der Waals surface area contributed by atoms with Crippen molar-refractivity contribution in [2.75, 3.05) is 0 Å². The van der Waals surface area contributed by atoms with Crippen LogP contribution in [0.3, 0.4) is 0 Å². The molecule has 1 heterocycles. The van der Waals surface area contributed by atoms with Crippen LogP contribution in [0.5, 0.6) is 0 Å². The van der Waals surface area contributed by atoms with Gasteiger partial charge in [0.15, 0.2) is 6.20 Å². The maximum absolute atomic E-state index is 11.3. The van der Waals surface area contributed by atoms with E-state index in [9.17, 15) is 5.21 Å². The Balaban J connectivity index is 2.89. The number of aromatic nitrogens is 1. The predicted octanol–water partition coefficient (Wildman–Crippen LogP) is 1.78. The number of nitrogens with zero attached hydrogens (tertiary/aromatic N) is 1. The minimum atomic E-state index is 0.725. The monoisotopic (exact) mass is 159 g/mol. The molecule has 0 aliphatic carbocycles. The normalized spacial score (nSPS) is 10.4. The Morgan fingerprint density at radius 3 is 2.83 bits per heavy atom. The summed E-state index contributed by atoms with van der Waals surface area (Å²) in [4.78, 5) is 0. The van der Waals surface area contributed by atoms with Crippen molar-refractivity contribution in [3.05, 3.63) is 47.3 Å². The summed E-state index contributed by atoms with van der Waals surface area (Å²) in [6.07, 6.45) is 1.59. The molecular formula is C10H9NO. The van der Waals surface area contributed by atoms with Gasteiger partial charge in [0, 0.05) is 17.0 Å². The summed E-state index contributed by atoms with van der Waals surface area (Å²) < 4.78 is 0.907. The van der Waals surface area contributed by atoms with Gasteiger partial charge in [-0.3, -0.25) is 0 Å². The Hall–Kier alpha value is -1.57. The van der Waals surface area contributed by atoms with Gasteiger partial charge in [-0.05, 0) is 19.1 Å². The van der Waals surface area contributed by atoms with Crippen molar-refractivity contribution in [2.45, 2.75) is 6.92 Å². The van der Waals surface area contributed by atoms with E-state index < -0.39 is 0 Å². The topological polar surface area (TPSA) is 26.9 Å². The van der Waals surface area contributed by atoms with Crippen LogP contribution in [-0.2, 0) is 0 Å². The van der Waals surface area contributed by atoms with Crippen LogP contribution in [0, 0.1) is 12.1 Å². The number of aryl methyl sites for hydroxylation is 1. The molecule has 0 aliphatic rings. The van der Waals surface area contributed by atoms with Crippen LogP contribution in [0.4, 0.5) is 0 Å². The van der Waals surface area contributed by atoms with Crippen molar-refractivity contribution in [1.29, 1.82) is 0 Å². The van der Waals surface area contributed by atoms with Gasteiger partial charge in [-0.25, -0.2) is 0 Å². The van der Waals surface area contributed by atoms with E-state index in [0.717, 1.165) is 21.2 Å². The quantitative estimate of drug-likeness (QED) is 0.425. The Labute approximate surface area is 70.7 Å². The molecule has 0 saturated heterocycles. The second-order valence-electron chi connectivity index (χ2n) is 2.90. The number of fused-ring (bicyclic) bond motifs is 1. The summed E-state index contributed by atoms with van der Waals surface area (Å²) in [5.74, 6) is 0. The Morgan fingerprint density at radius 2 is 2.00 bits per heavy atom. The van der Waals surface area contributed by atoms with Gasteiger partial charge in [-0.1, -0.05) is 12.1 Å². The summed E-state index contributed by atoms with van der Waals surface area (Å²) in [5, 5.41) is 12.3. The lowest BCUT2D eigenvalue weighted by molar-refractivity contribution is -0.577. The van der Waals surface area contributed by atoms with Gasteiger partial charge in [0.25, 0.3) is 0 Å². The van der Waals surface area contributed by atoms with Crippen LogP contribution in [0.2, 0.25) is 0 Å². The molecule has 12 heavy (non-hydrogen) atoms. The van der Waals surface area contributed by atoms with Gasteiger partial charge in [0.2, 0.25) is 5.52 Å². The Morgan fingerprint density at radius 1 is 1.25 bits per heavy atom. The molecule has 2 aromatic rings. The minimum absolute atomic E-state index is 0.725. The molecule has 2 heteroatoms. The molecule has 0 fully saturated rings. The average Bonchev–Trinajstić information content (AvgIpc) is 2.04. The van der Waals surface area contributed by atoms with E-state index in [4.69, 9.17) is 0 Å². The third kappa shape index (κ3) is 1.01. The number of rotatable bonds is 0. The molecule has 0 N–H and O–H groups in total. The Bertz CT molecular complexity index is 423. The molecule has 0 radical (unpaired) electrons. The molecule has 2 nitrogen and oxygen atoms in total. The number of para-hydroxylation sites is 1. The number of hydrogen-bond donors (Lipinski definition) is 0. The summed E-state index contributed by atoms with van der Waals surface area (Å²) in [7, 11) is 0. The lowest BCUT2D eigenvalue weighted by Gasteiger charge is -2.01. The van der Waals surface area contributed by atoms with Crippen LogP contribution in [-0.4, -0.2) is 0 Å². The molecule has 0 atom stereocenters. The first-order chi connectivity index (χ1) is 5.77. The lowest BCUT2D eigenvalue weighted by atomic mass is 10.2. The molecule has 0 aliphatic heterocycles. The highest BCUT2D eigenvalue weighted by molar-refractivity contribution is 5.75. The van der Waals surface area contributed by atoms with Crippen LogP contribution in [0.25, 0.3) is 10.9 Å². The summed E-state index contributed by atoms with van der Waals surface area (Å²) in [5.41, 5.74) is 1.71. The first kappa shape index (κ1) is 7.10. The van der Waals surface area contributed by atoms with Gasteiger partial charge in [0.05, 0.1) is 0 Å². The molecule has 1 aromatic carbocycles. The van der Waals surface area contributed by atoms with E-state index in [1.807, 2.05) is 37.3 Å². The fraction of sp³-hybridized carbons (Fsp3) is 0.100. The highest BCUT2D eigenvalue weighted by atomic mass is 16.5. The molecule has 0 saturated carbocycles. The zero-order chi connectivity index (χ0) is 8.55. The largest absolute Gasteiger partial charge is 0.618 e. The smallest absolute Gasteiger partial charge is 0.223 e. The van der Waals surface area contributed by atoms with E-state index >= 15 is 0 Å². The van der Waals surface area contributed by atoms with Gasteiger partial charge < -0.3 is 5.21 Å². The molecule has 0 amide bonds. The number of pyridine rings is 1. The van der Waals surface area contributed by atoms with Gasteiger partial charge >= 0.3 is 0 Å². The fourth-order valence-electron chi connectivity index (χ4n) is 1.35. The van der Waals surface area contributed by atoms with E-state index in [1.54, 1.807) is 6.20 Å². The summed E-state index contributed by atoms with van der Waals surface area (Å²) in [6, 6.07) is 9.57. The third-order valence-corrected chi connectivity index (χ3v) is 1.88. The van der Waals surface area contributed by atoms with E-state index in [-0.39, 0.29) is 0 Å². The van der Waals surface area contributed by atoms with Crippen LogP contribution >= 0.6 is 0 Å². The first-order valence-corrected chi connectivity index (χ1v) is 3.86. The first-order valence-electron chi connectivity index (χ1n) is 3.86. The van der Waals surface area contributed by atoms with E-state index in [2.05, 4.69) is 0 Å². The SMILES string of the molecule is Cc1cc2ccccc2[n+]([O-])c1. The second kappa shape index (κ2) is 2.48. The van der Waals surface area contributed by atoms with E-state index in [0.29, 0.717) is 0 Å². The molecule has 1 aromatic heterocycles. The molecule has 60 valence electrons. The van der Waals surface area contributed by atoms with Crippen LogP contribution < -0.4 is 4.73 Å². The predicted molar refractivity (Wildman–Crippen MR) is 47.6 cm³/mol. The summed E-state index contributed by atoms with van der Waals surface area (Å²) in [6.45, 7) is 1.92. The fourth-order valence-corrected chi connectivity index (χ4v) is 1.35. The highest BCUT2D eigenvalue weighted by Crippen LogP contribution is 2.09. The molecule has 2 rings (SSSR count). The molecule has 0 unspecified atom stereocenters. The van der Waals surface area contributed by atoms with Gasteiger partial charge in [-0.2, -0.15) is 4.73 Å². The van der Waals surface area contributed by atoms with Crippen molar-refractivity contribution >= 4 is 10.9 Å². The van der Waals surface area contributed by atoms with Crippen molar-refractivity contribution < 1.29 is 4.73 Å². The highest BCUT2D eigenvalue weighted by Gasteiger charge is 2.01.